The fraction of sp³-hybridized carbons (Fsp3) is 0.238. The number of methoxy groups -OCH3 is 1. The summed E-state index contributed by atoms with van der Waals surface area (Å²) in [6.07, 6.45) is -4.32. The number of rotatable bonds is 8. The Kier molecular flexibility index (Phi) is 6.41. The lowest BCUT2D eigenvalue weighted by Gasteiger charge is -2.15. The molecule has 2 aromatic rings. The summed E-state index contributed by atoms with van der Waals surface area (Å²) in [6.45, 7) is 0.576. The molecule has 0 saturated carbocycles. The smallest absolute Gasteiger partial charge is 0.406 e. The Bertz CT molecular complexity index is 941. The van der Waals surface area contributed by atoms with Crippen molar-refractivity contribution in [3.8, 4) is 5.75 Å². The van der Waals surface area contributed by atoms with Crippen LogP contribution in [0.3, 0.4) is 0 Å². The molecule has 2 amide bonds. The van der Waals surface area contributed by atoms with Gasteiger partial charge in [-0.2, -0.15) is 0 Å². The molecule has 6 nitrogen and oxygen atoms in total. The number of amides is 2. The molecule has 9 heteroatoms. The minimum absolute atomic E-state index is 0.0631. The number of alkyl halides is 3. The monoisotopic (exact) mass is 420 g/mol. The van der Waals surface area contributed by atoms with E-state index in [1.807, 2.05) is 0 Å². The van der Waals surface area contributed by atoms with E-state index in [2.05, 4.69) is 10.1 Å². The third kappa shape index (κ3) is 4.98. The standard InChI is InChI=1S/C21H19F3N2O4/c1-29-13-5-12-26-19(27)17(14-6-3-2-4-7-14)18(20(26)28)25-15-8-10-16(11-9-15)30-21(22,23)24/h2-4,6-11,25H,5,12-13H2,1H3. The maximum Gasteiger partial charge on any atom is 0.573 e. The second-order valence-corrected chi connectivity index (χ2v) is 6.42. The van der Waals surface area contributed by atoms with E-state index in [1.165, 1.54) is 19.2 Å². The molecular weight excluding hydrogens is 401 g/mol. The molecule has 0 atom stereocenters. The molecule has 0 saturated heterocycles. The van der Waals surface area contributed by atoms with E-state index < -0.39 is 18.2 Å². The summed E-state index contributed by atoms with van der Waals surface area (Å²) in [5.41, 5.74) is 1.17. The van der Waals surface area contributed by atoms with Gasteiger partial charge in [0.05, 0.1) is 5.57 Å². The Labute approximate surface area is 170 Å². The van der Waals surface area contributed by atoms with Gasteiger partial charge >= 0.3 is 6.36 Å². The maximum atomic E-state index is 12.9. The fourth-order valence-corrected chi connectivity index (χ4v) is 3.02. The highest BCUT2D eigenvalue weighted by Crippen LogP contribution is 2.31. The number of hydrogen-bond donors (Lipinski definition) is 1. The van der Waals surface area contributed by atoms with Crippen molar-refractivity contribution >= 4 is 23.1 Å². The molecule has 0 aliphatic carbocycles. The number of carbonyl (C=O) groups is 2. The van der Waals surface area contributed by atoms with Crippen LogP contribution in [-0.4, -0.2) is 43.3 Å². The lowest BCUT2D eigenvalue weighted by molar-refractivity contribution is -0.274. The van der Waals surface area contributed by atoms with Gasteiger partial charge in [0.2, 0.25) is 0 Å². The normalized spacial score (nSPS) is 14.5. The van der Waals surface area contributed by atoms with Crippen LogP contribution in [-0.2, 0) is 14.3 Å². The molecule has 0 aromatic heterocycles. The van der Waals surface area contributed by atoms with Gasteiger partial charge in [0, 0.05) is 25.9 Å². The van der Waals surface area contributed by atoms with Crippen LogP contribution in [0.4, 0.5) is 18.9 Å². The molecule has 158 valence electrons. The average Bonchev–Trinajstić information content (AvgIpc) is 2.93. The number of halogens is 3. The highest BCUT2D eigenvalue weighted by atomic mass is 19.4. The van der Waals surface area contributed by atoms with Crippen molar-refractivity contribution in [2.24, 2.45) is 0 Å². The number of nitrogens with zero attached hydrogens (tertiary/aromatic N) is 1. The van der Waals surface area contributed by atoms with E-state index >= 15 is 0 Å². The van der Waals surface area contributed by atoms with Gasteiger partial charge < -0.3 is 14.8 Å². The highest BCUT2D eigenvalue weighted by Gasteiger charge is 2.38. The number of benzene rings is 2. The van der Waals surface area contributed by atoms with Crippen molar-refractivity contribution in [3.05, 3.63) is 65.9 Å². The minimum atomic E-state index is -4.80. The molecule has 2 aromatic carbocycles. The third-order valence-electron chi connectivity index (χ3n) is 4.32. The van der Waals surface area contributed by atoms with Gasteiger partial charge in [0.15, 0.2) is 0 Å². The zero-order valence-electron chi connectivity index (χ0n) is 16.0. The molecular formula is C21H19F3N2O4. The van der Waals surface area contributed by atoms with Gasteiger partial charge in [0.25, 0.3) is 11.8 Å². The van der Waals surface area contributed by atoms with Gasteiger partial charge in [0.1, 0.15) is 11.4 Å². The lowest BCUT2D eigenvalue weighted by Crippen LogP contribution is -2.33. The Hall–Kier alpha value is -3.33. The van der Waals surface area contributed by atoms with E-state index in [0.29, 0.717) is 24.3 Å². The van der Waals surface area contributed by atoms with Crippen molar-refractivity contribution < 1.29 is 32.2 Å². The minimum Gasteiger partial charge on any atom is -0.406 e. The summed E-state index contributed by atoms with van der Waals surface area (Å²) in [5, 5.41) is 2.88. The predicted octanol–water partition coefficient (Wildman–Crippen LogP) is 3.81. The second kappa shape index (κ2) is 9.00. The highest BCUT2D eigenvalue weighted by molar-refractivity contribution is 6.36. The van der Waals surface area contributed by atoms with Gasteiger partial charge in [-0.05, 0) is 36.2 Å². The summed E-state index contributed by atoms with van der Waals surface area (Å²) in [7, 11) is 1.53. The van der Waals surface area contributed by atoms with E-state index in [9.17, 15) is 22.8 Å². The van der Waals surface area contributed by atoms with Gasteiger partial charge in [-0.25, -0.2) is 0 Å². The number of carbonyl (C=O) groups excluding carboxylic acids is 2. The number of imide groups is 1. The first kappa shape index (κ1) is 21.4. The first-order chi connectivity index (χ1) is 14.3. The maximum absolute atomic E-state index is 12.9. The summed E-state index contributed by atoms with van der Waals surface area (Å²) >= 11 is 0. The Balaban J connectivity index is 1.89. The largest absolute Gasteiger partial charge is 0.573 e. The van der Waals surface area contributed by atoms with Crippen molar-refractivity contribution in [2.75, 3.05) is 25.6 Å². The molecule has 0 radical (unpaired) electrons. The van der Waals surface area contributed by atoms with Crippen molar-refractivity contribution in [1.82, 2.24) is 4.90 Å². The predicted molar refractivity (Wildman–Crippen MR) is 103 cm³/mol. The Morgan fingerprint density at radius 3 is 2.23 bits per heavy atom. The van der Waals surface area contributed by atoms with Crippen molar-refractivity contribution in [2.45, 2.75) is 12.8 Å². The Morgan fingerprint density at radius 2 is 1.63 bits per heavy atom. The average molecular weight is 420 g/mol. The molecule has 1 heterocycles. The van der Waals surface area contributed by atoms with Crippen LogP contribution in [0.1, 0.15) is 12.0 Å². The SMILES string of the molecule is COCCCN1C(=O)C(Nc2ccc(OC(F)(F)F)cc2)=C(c2ccccc2)C1=O. The summed E-state index contributed by atoms with van der Waals surface area (Å²) in [4.78, 5) is 27.0. The zero-order valence-corrected chi connectivity index (χ0v) is 16.0. The first-order valence-corrected chi connectivity index (χ1v) is 9.08. The van der Waals surface area contributed by atoms with E-state index in [-0.39, 0.29) is 23.6 Å². The third-order valence-corrected chi connectivity index (χ3v) is 4.32. The summed E-state index contributed by atoms with van der Waals surface area (Å²) in [6, 6.07) is 13.6. The van der Waals surface area contributed by atoms with E-state index in [1.54, 1.807) is 30.3 Å². The van der Waals surface area contributed by atoms with Crippen LogP contribution in [0.15, 0.2) is 60.3 Å². The van der Waals surface area contributed by atoms with Gasteiger partial charge in [-0.1, -0.05) is 30.3 Å². The van der Waals surface area contributed by atoms with Crippen LogP contribution in [0.2, 0.25) is 0 Å². The van der Waals surface area contributed by atoms with Crippen molar-refractivity contribution in [1.29, 1.82) is 0 Å². The van der Waals surface area contributed by atoms with Crippen LogP contribution >= 0.6 is 0 Å². The van der Waals surface area contributed by atoms with Crippen molar-refractivity contribution in [3.63, 3.8) is 0 Å². The number of anilines is 1. The van der Waals surface area contributed by atoms with Gasteiger partial charge in [-0.15, -0.1) is 13.2 Å². The molecule has 3 rings (SSSR count). The van der Waals surface area contributed by atoms with Crippen LogP contribution in [0, 0.1) is 0 Å². The summed E-state index contributed by atoms with van der Waals surface area (Å²) in [5.74, 6) is -1.34. The molecule has 1 aliphatic heterocycles. The summed E-state index contributed by atoms with van der Waals surface area (Å²) < 4.78 is 45.8. The molecule has 0 spiro atoms. The molecule has 1 aliphatic rings. The first-order valence-electron chi connectivity index (χ1n) is 9.08. The second-order valence-electron chi connectivity index (χ2n) is 6.42. The fourth-order valence-electron chi connectivity index (χ4n) is 3.02. The number of hydrogen-bond acceptors (Lipinski definition) is 5. The van der Waals surface area contributed by atoms with Gasteiger partial charge in [-0.3, -0.25) is 14.5 Å². The molecule has 30 heavy (non-hydrogen) atoms. The van der Waals surface area contributed by atoms with Crippen LogP contribution < -0.4 is 10.1 Å². The van der Waals surface area contributed by atoms with E-state index in [4.69, 9.17) is 4.74 Å². The lowest BCUT2D eigenvalue weighted by atomic mass is 10.0. The topological polar surface area (TPSA) is 67.9 Å². The van der Waals surface area contributed by atoms with Crippen LogP contribution in [0.25, 0.3) is 5.57 Å². The zero-order chi connectivity index (χ0) is 21.7. The molecule has 0 bridgehead atoms. The van der Waals surface area contributed by atoms with E-state index in [0.717, 1.165) is 17.0 Å². The molecule has 0 unspecified atom stereocenters. The quantitative estimate of drug-likeness (QED) is 0.520. The molecule has 1 N–H and O–H groups in total. The number of nitrogens with one attached hydrogen (secondary N) is 1. The number of ether oxygens (including phenoxy) is 2. The molecule has 0 fully saturated rings. The Morgan fingerprint density at radius 1 is 0.967 bits per heavy atom. The van der Waals surface area contributed by atoms with Crippen LogP contribution in [0.5, 0.6) is 5.75 Å².